The highest BCUT2D eigenvalue weighted by Crippen LogP contribution is 2.30. The first-order valence-corrected chi connectivity index (χ1v) is 4.73. The van der Waals surface area contributed by atoms with E-state index in [0.29, 0.717) is 18.2 Å². The van der Waals surface area contributed by atoms with Gasteiger partial charge in [-0.2, -0.15) is 26.3 Å². The molecule has 1 N–H and O–H groups in total. The van der Waals surface area contributed by atoms with E-state index in [1.165, 1.54) is 0 Å². The number of hydrogen-bond donors (Lipinski definition) is 1. The molecule has 0 aliphatic rings. The van der Waals surface area contributed by atoms with Crippen molar-refractivity contribution in [3.8, 4) is 0 Å². The lowest BCUT2D eigenvalue weighted by Gasteiger charge is -2.11. The molecule has 0 bridgehead atoms. The summed E-state index contributed by atoms with van der Waals surface area (Å²) in [6, 6.07) is 1.59. The number of rotatable bonds is 3. The van der Waals surface area contributed by atoms with Gasteiger partial charge in [-0.15, -0.1) is 0 Å². The third kappa shape index (κ3) is 4.52. The normalized spacial score (nSPS) is 12.8. The first kappa shape index (κ1) is 14.7. The molecule has 0 aliphatic heterocycles. The molecule has 0 aromatic heterocycles. The fourth-order valence-corrected chi connectivity index (χ4v) is 1.23. The second kappa shape index (κ2) is 5.13. The molecule has 0 spiro atoms. The zero-order valence-corrected chi connectivity index (χ0v) is 8.79. The fraction of sp³-hybridized carbons (Fsp3) is 0.400. The van der Waals surface area contributed by atoms with E-state index in [0.717, 1.165) is 0 Å². The maximum atomic E-state index is 13.1. The Balaban J connectivity index is 2.76. The molecular weight excluding hydrogens is 267 g/mol. The largest absolute Gasteiger partial charge is 0.416 e. The van der Waals surface area contributed by atoms with E-state index in [2.05, 4.69) is 0 Å². The number of benzene rings is 1. The van der Waals surface area contributed by atoms with Gasteiger partial charge in [0.2, 0.25) is 0 Å². The molecule has 1 nitrogen and oxygen atoms in total. The van der Waals surface area contributed by atoms with Crippen LogP contribution in [-0.4, -0.2) is 12.7 Å². The standard InChI is InChI=1S/C10H8F7N/c11-8-2-1-7(10(15,16)17)3-6(8)4-18-5-9(12,13)14/h1-3,18H,4-5H2. The minimum atomic E-state index is -4.66. The van der Waals surface area contributed by atoms with E-state index in [-0.39, 0.29) is 0 Å². The van der Waals surface area contributed by atoms with Crippen LogP contribution in [0.2, 0.25) is 0 Å². The van der Waals surface area contributed by atoms with E-state index in [4.69, 9.17) is 0 Å². The van der Waals surface area contributed by atoms with Gasteiger partial charge in [0, 0.05) is 12.1 Å². The predicted molar refractivity (Wildman–Crippen MR) is 49.2 cm³/mol. The molecule has 0 atom stereocenters. The third-order valence-electron chi connectivity index (χ3n) is 2.01. The van der Waals surface area contributed by atoms with Crippen LogP contribution in [-0.2, 0) is 12.7 Å². The smallest absolute Gasteiger partial charge is 0.304 e. The van der Waals surface area contributed by atoms with Crippen molar-refractivity contribution < 1.29 is 30.7 Å². The predicted octanol–water partition coefficient (Wildman–Crippen LogP) is 3.50. The molecule has 0 saturated heterocycles. The summed E-state index contributed by atoms with van der Waals surface area (Å²) in [5.41, 5.74) is -1.57. The molecule has 0 fully saturated rings. The molecule has 0 radical (unpaired) electrons. The number of halogens is 7. The quantitative estimate of drug-likeness (QED) is 0.832. The summed E-state index contributed by atoms with van der Waals surface area (Å²) in [4.78, 5) is 0. The van der Waals surface area contributed by atoms with E-state index in [1.807, 2.05) is 5.32 Å². The molecular formula is C10H8F7N. The Morgan fingerprint density at radius 3 is 2.11 bits per heavy atom. The van der Waals surface area contributed by atoms with E-state index < -0.39 is 42.4 Å². The van der Waals surface area contributed by atoms with Crippen LogP contribution in [0.1, 0.15) is 11.1 Å². The Labute approximate surface area is 97.6 Å². The Kier molecular flexibility index (Phi) is 4.20. The summed E-state index contributed by atoms with van der Waals surface area (Å²) in [6.07, 6.45) is -9.16. The summed E-state index contributed by atoms with van der Waals surface area (Å²) in [5, 5.41) is 1.83. The highest BCUT2D eigenvalue weighted by atomic mass is 19.4. The van der Waals surface area contributed by atoms with Gasteiger partial charge in [-0.05, 0) is 18.2 Å². The lowest BCUT2D eigenvalue weighted by atomic mass is 10.1. The minimum Gasteiger partial charge on any atom is -0.304 e. The number of nitrogens with one attached hydrogen (secondary N) is 1. The van der Waals surface area contributed by atoms with Gasteiger partial charge in [-0.3, -0.25) is 0 Å². The SMILES string of the molecule is Fc1ccc(C(F)(F)F)cc1CNCC(F)(F)F. The Morgan fingerprint density at radius 2 is 1.61 bits per heavy atom. The van der Waals surface area contributed by atoms with Crippen molar-refractivity contribution in [1.29, 1.82) is 0 Å². The van der Waals surface area contributed by atoms with Crippen LogP contribution in [0.3, 0.4) is 0 Å². The molecule has 1 aromatic carbocycles. The summed E-state index contributed by atoms with van der Waals surface area (Å²) < 4.78 is 85.3. The zero-order valence-electron chi connectivity index (χ0n) is 8.79. The maximum Gasteiger partial charge on any atom is 0.416 e. The van der Waals surface area contributed by atoms with Gasteiger partial charge >= 0.3 is 12.4 Å². The summed E-state index contributed by atoms with van der Waals surface area (Å²) in [6.45, 7) is -2.03. The molecule has 102 valence electrons. The molecule has 0 unspecified atom stereocenters. The first-order valence-electron chi connectivity index (χ1n) is 4.73. The molecule has 0 aliphatic carbocycles. The van der Waals surface area contributed by atoms with Crippen LogP contribution in [0.15, 0.2) is 18.2 Å². The van der Waals surface area contributed by atoms with Crippen LogP contribution in [0.5, 0.6) is 0 Å². The topological polar surface area (TPSA) is 12.0 Å². The first-order chi connectivity index (χ1) is 8.09. The van der Waals surface area contributed by atoms with Crippen LogP contribution >= 0.6 is 0 Å². The Morgan fingerprint density at radius 1 is 1.00 bits per heavy atom. The van der Waals surface area contributed by atoms with Gasteiger partial charge in [0.15, 0.2) is 0 Å². The van der Waals surface area contributed by atoms with Crippen molar-refractivity contribution in [2.75, 3.05) is 6.54 Å². The van der Waals surface area contributed by atoms with Gasteiger partial charge in [0.05, 0.1) is 12.1 Å². The Hall–Kier alpha value is -1.31. The van der Waals surface area contributed by atoms with Crippen molar-refractivity contribution in [3.05, 3.63) is 35.1 Å². The molecule has 1 rings (SSSR count). The second-order valence-corrected chi connectivity index (χ2v) is 3.52. The molecule has 0 saturated carbocycles. The number of alkyl halides is 6. The second-order valence-electron chi connectivity index (χ2n) is 3.52. The van der Waals surface area contributed by atoms with Crippen LogP contribution in [0, 0.1) is 5.82 Å². The molecule has 1 aromatic rings. The van der Waals surface area contributed by atoms with Gasteiger partial charge in [0.1, 0.15) is 5.82 Å². The molecule has 0 amide bonds. The Bertz CT molecular complexity index is 408. The van der Waals surface area contributed by atoms with Crippen LogP contribution < -0.4 is 5.32 Å². The zero-order chi connectivity index (χ0) is 14.0. The highest BCUT2D eigenvalue weighted by molar-refractivity contribution is 5.27. The van der Waals surface area contributed by atoms with Gasteiger partial charge in [-0.25, -0.2) is 4.39 Å². The van der Waals surface area contributed by atoms with Crippen molar-refractivity contribution in [2.45, 2.75) is 18.9 Å². The minimum absolute atomic E-state index is 0.464. The lowest BCUT2D eigenvalue weighted by Crippen LogP contribution is -2.28. The third-order valence-corrected chi connectivity index (χ3v) is 2.01. The van der Waals surface area contributed by atoms with Crippen molar-refractivity contribution in [1.82, 2.24) is 5.32 Å². The average molecular weight is 275 g/mol. The molecule has 18 heavy (non-hydrogen) atoms. The van der Waals surface area contributed by atoms with Gasteiger partial charge < -0.3 is 5.32 Å². The summed E-state index contributed by atoms with van der Waals surface area (Å²) >= 11 is 0. The lowest BCUT2D eigenvalue weighted by molar-refractivity contribution is -0.137. The summed E-state index contributed by atoms with van der Waals surface area (Å²) in [7, 11) is 0. The monoisotopic (exact) mass is 275 g/mol. The van der Waals surface area contributed by atoms with Crippen LogP contribution in [0.25, 0.3) is 0 Å². The van der Waals surface area contributed by atoms with Crippen molar-refractivity contribution >= 4 is 0 Å². The maximum absolute atomic E-state index is 13.1. The average Bonchev–Trinajstić information content (AvgIpc) is 2.17. The van der Waals surface area contributed by atoms with E-state index >= 15 is 0 Å². The van der Waals surface area contributed by atoms with E-state index in [1.54, 1.807) is 0 Å². The van der Waals surface area contributed by atoms with Crippen molar-refractivity contribution in [3.63, 3.8) is 0 Å². The number of hydrogen-bond acceptors (Lipinski definition) is 1. The highest BCUT2D eigenvalue weighted by Gasteiger charge is 2.31. The van der Waals surface area contributed by atoms with Crippen LogP contribution in [0.4, 0.5) is 30.7 Å². The van der Waals surface area contributed by atoms with Gasteiger partial charge in [0.25, 0.3) is 0 Å². The fourth-order valence-electron chi connectivity index (χ4n) is 1.23. The van der Waals surface area contributed by atoms with Crippen molar-refractivity contribution in [2.24, 2.45) is 0 Å². The van der Waals surface area contributed by atoms with Gasteiger partial charge in [-0.1, -0.05) is 0 Å². The summed E-state index contributed by atoms with van der Waals surface area (Å²) in [5.74, 6) is -0.988. The molecule has 0 heterocycles. The molecule has 8 heteroatoms. The van der Waals surface area contributed by atoms with E-state index in [9.17, 15) is 30.7 Å².